The zero-order valence-electron chi connectivity index (χ0n) is 10.1. The molecule has 0 amide bonds. The van der Waals surface area contributed by atoms with E-state index >= 15 is 0 Å². The van der Waals surface area contributed by atoms with Crippen LogP contribution in [-0.2, 0) is 13.2 Å². The normalized spacial score (nSPS) is 32.1. The first-order chi connectivity index (χ1) is 8.58. The second-order valence-electron chi connectivity index (χ2n) is 4.51. The van der Waals surface area contributed by atoms with Crippen molar-refractivity contribution in [1.29, 1.82) is 0 Å². The number of aromatic nitrogens is 3. The van der Waals surface area contributed by atoms with Gasteiger partial charge in [0.2, 0.25) is 0 Å². The van der Waals surface area contributed by atoms with Crippen LogP contribution in [-0.4, -0.2) is 66.3 Å². The Kier molecular flexibility index (Phi) is 3.93. The average molecular weight is 258 g/mol. The van der Waals surface area contributed by atoms with Crippen LogP contribution in [0.4, 0.5) is 0 Å². The van der Waals surface area contributed by atoms with E-state index in [1.54, 1.807) is 11.6 Å². The summed E-state index contributed by atoms with van der Waals surface area (Å²) < 4.78 is 1.55. The minimum atomic E-state index is -0.999. The van der Waals surface area contributed by atoms with Gasteiger partial charge in [-0.1, -0.05) is 5.21 Å². The summed E-state index contributed by atoms with van der Waals surface area (Å²) in [7, 11) is 0. The predicted octanol–water partition coefficient (Wildman–Crippen LogP) is -2.87. The fourth-order valence-electron chi connectivity index (χ4n) is 2.17. The second kappa shape index (κ2) is 5.29. The number of nitrogens with one attached hydrogen (secondary N) is 1. The molecule has 0 aromatic carbocycles. The summed E-state index contributed by atoms with van der Waals surface area (Å²) in [6, 6.07) is -0.949. The quantitative estimate of drug-likeness (QED) is 0.393. The molecule has 0 aliphatic carbocycles. The smallest absolute Gasteiger partial charge is 0.111 e. The molecule has 1 fully saturated rings. The number of aliphatic hydroxyl groups excluding tert-OH is 4. The van der Waals surface area contributed by atoms with Crippen LogP contribution in [0.2, 0.25) is 0 Å². The molecule has 2 heterocycles. The molecule has 0 saturated carbocycles. The SMILES string of the molecule is Cc1c(CO)nnn1C[C@H]1N[C@H](CO)[C@@H](O)[C@@H]1O. The van der Waals surface area contributed by atoms with Crippen molar-refractivity contribution in [1.82, 2.24) is 20.3 Å². The van der Waals surface area contributed by atoms with E-state index in [1.165, 1.54) is 0 Å². The van der Waals surface area contributed by atoms with Gasteiger partial charge in [-0.05, 0) is 6.92 Å². The molecule has 0 unspecified atom stereocenters. The van der Waals surface area contributed by atoms with Crippen LogP contribution >= 0.6 is 0 Å². The molecule has 102 valence electrons. The van der Waals surface area contributed by atoms with Gasteiger partial charge in [-0.2, -0.15) is 0 Å². The Balaban J connectivity index is 2.08. The first-order valence-corrected chi connectivity index (χ1v) is 5.81. The molecular formula is C10H18N4O4. The van der Waals surface area contributed by atoms with Crippen molar-refractivity contribution in [2.75, 3.05) is 6.61 Å². The van der Waals surface area contributed by atoms with Gasteiger partial charge in [0.25, 0.3) is 0 Å². The van der Waals surface area contributed by atoms with Crippen molar-refractivity contribution in [3.63, 3.8) is 0 Å². The second-order valence-corrected chi connectivity index (χ2v) is 4.51. The molecule has 2 rings (SSSR count). The maximum absolute atomic E-state index is 9.84. The van der Waals surface area contributed by atoms with Crippen LogP contribution in [0.15, 0.2) is 0 Å². The van der Waals surface area contributed by atoms with Crippen LogP contribution in [0.1, 0.15) is 11.4 Å². The van der Waals surface area contributed by atoms with Crippen molar-refractivity contribution < 1.29 is 20.4 Å². The molecule has 0 spiro atoms. The van der Waals surface area contributed by atoms with E-state index < -0.39 is 24.3 Å². The van der Waals surface area contributed by atoms with E-state index in [4.69, 9.17) is 10.2 Å². The van der Waals surface area contributed by atoms with Crippen LogP contribution in [0.25, 0.3) is 0 Å². The van der Waals surface area contributed by atoms with Crippen LogP contribution < -0.4 is 5.32 Å². The Bertz CT molecular complexity index is 411. The summed E-state index contributed by atoms with van der Waals surface area (Å²) in [5.74, 6) is 0. The van der Waals surface area contributed by atoms with Crippen molar-refractivity contribution in [2.24, 2.45) is 0 Å². The number of aliphatic hydroxyl groups is 4. The Morgan fingerprint density at radius 1 is 1.22 bits per heavy atom. The molecule has 8 nitrogen and oxygen atoms in total. The van der Waals surface area contributed by atoms with E-state index in [0.29, 0.717) is 17.9 Å². The first kappa shape index (κ1) is 13.4. The third kappa shape index (κ3) is 2.25. The average Bonchev–Trinajstić information content (AvgIpc) is 2.85. The van der Waals surface area contributed by atoms with Crippen LogP contribution in [0, 0.1) is 6.92 Å². The number of hydrogen-bond donors (Lipinski definition) is 5. The van der Waals surface area contributed by atoms with Gasteiger partial charge >= 0.3 is 0 Å². The molecule has 1 aromatic heterocycles. The van der Waals surface area contributed by atoms with Gasteiger partial charge in [0.15, 0.2) is 0 Å². The Hall–Kier alpha value is -1.06. The molecule has 18 heavy (non-hydrogen) atoms. The topological polar surface area (TPSA) is 124 Å². The van der Waals surface area contributed by atoms with Gasteiger partial charge in [0.1, 0.15) is 5.69 Å². The Morgan fingerprint density at radius 3 is 2.39 bits per heavy atom. The third-order valence-electron chi connectivity index (χ3n) is 3.40. The fraction of sp³-hybridized carbons (Fsp3) is 0.800. The zero-order chi connectivity index (χ0) is 13.3. The lowest BCUT2D eigenvalue weighted by Crippen LogP contribution is -2.38. The van der Waals surface area contributed by atoms with E-state index in [9.17, 15) is 10.2 Å². The largest absolute Gasteiger partial charge is 0.395 e. The van der Waals surface area contributed by atoms with Crippen molar-refractivity contribution >= 4 is 0 Å². The van der Waals surface area contributed by atoms with Gasteiger partial charge in [-0.3, -0.25) is 0 Å². The lowest BCUT2D eigenvalue weighted by molar-refractivity contribution is 0.0175. The highest BCUT2D eigenvalue weighted by molar-refractivity contribution is 5.07. The standard InChI is InChI=1S/C10H18N4O4/c1-5-7(3-15)12-13-14(5)2-6-9(17)10(18)8(4-16)11-6/h6,8-11,15-18H,2-4H2,1H3/t6-,8-,9-,10-/m1/s1. The molecule has 8 heteroatoms. The lowest BCUT2D eigenvalue weighted by atomic mass is 10.1. The summed E-state index contributed by atoms with van der Waals surface area (Å²) in [6.45, 7) is 1.65. The molecule has 1 saturated heterocycles. The Morgan fingerprint density at radius 2 is 1.89 bits per heavy atom. The Labute approximate surface area is 104 Å². The van der Waals surface area contributed by atoms with E-state index in [1.807, 2.05) is 0 Å². The fourth-order valence-corrected chi connectivity index (χ4v) is 2.17. The number of hydrogen-bond acceptors (Lipinski definition) is 7. The highest BCUT2D eigenvalue weighted by atomic mass is 16.3. The molecule has 1 aliphatic heterocycles. The van der Waals surface area contributed by atoms with E-state index in [-0.39, 0.29) is 13.2 Å². The minimum absolute atomic E-state index is 0.186. The summed E-state index contributed by atoms with van der Waals surface area (Å²) in [6.07, 6.45) is -1.97. The van der Waals surface area contributed by atoms with Crippen molar-refractivity contribution in [2.45, 2.75) is 44.4 Å². The molecule has 5 N–H and O–H groups in total. The summed E-state index contributed by atoms with van der Waals surface area (Å²) >= 11 is 0. The predicted molar refractivity (Wildman–Crippen MR) is 60.5 cm³/mol. The van der Waals surface area contributed by atoms with E-state index in [0.717, 1.165) is 0 Å². The van der Waals surface area contributed by atoms with Crippen molar-refractivity contribution in [3.8, 4) is 0 Å². The minimum Gasteiger partial charge on any atom is -0.395 e. The van der Waals surface area contributed by atoms with Gasteiger partial charge in [0, 0.05) is 0 Å². The van der Waals surface area contributed by atoms with Crippen LogP contribution in [0.5, 0.6) is 0 Å². The van der Waals surface area contributed by atoms with Crippen LogP contribution in [0.3, 0.4) is 0 Å². The van der Waals surface area contributed by atoms with Gasteiger partial charge in [0.05, 0.1) is 49.7 Å². The zero-order valence-corrected chi connectivity index (χ0v) is 10.1. The lowest BCUT2D eigenvalue weighted by Gasteiger charge is -2.16. The number of rotatable bonds is 4. The maximum atomic E-state index is 9.84. The first-order valence-electron chi connectivity index (χ1n) is 5.81. The third-order valence-corrected chi connectivity index (χ3v) is 3.40. The highest BCUT2D eigenvalue weighted by Crippen LogP contribution is 2.16. The highest BCUT2D eigenvalue weighted by Gasteiger charge is 2.40. The van der Waals surface area contributed by atoms with Crippen molar-refractivity contribution in [3.05, 3.63) is 11.4 Å². The molecule has 0 radical (unpaired) electrons. The molecule has 1 aromatic rings. The monoisotopic (exact) mass is 258 g/mol. The molecular weight excluding hydrogens is 240 g/mol. The number of nitrogens with zero attached hydrogens (tertiary/aromatic N) is 3. The maximum Gasteiger partial charge on any atom is 0.111 e. The van der Waals surface area contributed by atoms with Gasteiger partial charge in [-0.25, -0.2) is 4.68 Å². The summed E-state index contributed by atoms with van der Waals surface area (Å²) in [5.41, 5.74) is 1.20. The van der Waals surface area contributed by atoms with E-state index in [2.05, 4.69) is 15.6 Å². The van der Waals surface area contributed by atoms with Gasteiger partial charge < -0.3 is 25.7 Å². The molecule has 4 atom stereocenters. The summed E-state index contributed by atoms with van der Waals surface area (Å²) in [5, 5.41) is 48.2. The summed E-state index contributed by atoms with van der Waals surface area (Å²) in [4.78, 5) is 0. The molecule has 1 aliphatic rings. The molecule has 0 bridgehead atoms. The van der Waals surface area contributed by atoms with Gasteiger partial charge in [-0.15, -0.1) is 5.10 Å².